The predicted octanol–water partition coefficient (Wildman–Crippen LogP) is 1.94. The number of rotatable bonds is 7. The van der Waals surface area contributed by atoms with Crippen LogP contribution in [-0.2, 0) is 29.2 Å². The molecule has 1 aromatic carbocycles. The quantitative estimate of drug-likeness (QED) is 0.676. The lowest BCUT2D eigenvalue weighted by molar-refractivity contribution is -0.136. The number of amides is 1. The van der Waals surface area contributed by atoms with Gasteiger partial charge in [-0.15, -0.1) is 5.10 Å². The van der Waals surface area contributed by atoms with E-state index in [0.29, 0.717) is 39.1 Å². The van der Waals surface area contributed by atoms with E-state index in [9.17, 15) is 9.90 Å². The number of likely N-dealkylation sites (N-methyl/N-ethyl adjacent to an activating group) is 1. The normalized spacial score (nSPS) is 21.3. The van der Waals surface area contributed by atoms with Crippen LogP contribution in [0.1, 0.15) is 37.9 Å². The predicted molar refractivity (Wildman–Crippen MR) is 125 cm³/mol. The molecule has 9 heteroatoms. The molecule has 2 aromatic rings. The number of hydrogen-bond acceptors (Lipinski definition) is 7. The van der Waals surface area contributed by atoms with Gasteiger partial charge in [0.25, 0.3) is 0 Å². The van der Waals surface area contributed by atoms with Gasteiger partial charge in [-0.25, -0.2) is 0 Å². The first-order valence-electron chi connectivity index (χ1n) is 11.6. The molecule has 3 atom stereocenters. The molecule has 2 heterocycles. The molecule has 2 bridgehead atoms. The van der Waals surface area contributed by atoms with Crippen molar-refractivity contribution in [3.05, 3.63) is 41.7 Å². The van der Waals surface area contributed by atoms with Crippen LogP contribution >= 0.6 is 0 Å². The molecule has 3 rings (SSSR count). The summed E-state index contributed by atoms with van der Waals surface area (Å²) in [6.45, 7) is 6.88. The molecule has 0 spiro atoms. The third-order valence-corrected chi connectivity index (χ3v) is 6.12. The summed E-state index contributed by atoms with van der Waals surface area (Å²) in [6.07, 6.45) is 2.84. The maximum atomic E-state index is 13.0. The highest BCUT2D eigenvalue weighted by molar-refractivity contribution is 5.76. The van der Waals surface area contributed by atoms with E-state index < -0.39 is 0 Å². The van der Waals surface area contributed by atoms with Crippen molar-refractivity contribution in [1.82, 2.24) is 24.8 Å². The van der Waals surface area contributed by atoms with Crippen molar-refractivity contribution in [1.29, 1.82) is 0 Å². The van der Waals surface area contributed by atoms with Crippen molar-refractivity contribution in [3.8, 4) is 5.75 Å². The molecule has 0 saturated heterocycles. The molecule has 182 valence electrons. The average Bonchev–Trinajstić information content (AvgIpc) is 3.26. The van der Waals surface area contributed by atoms with Gasteiger partial charge in [0.2, 0.25) is 5.91 Å². The average molecular weight is 460 g/mol. The number of fused-ring (bicyclic) bond motifs is 2. The first kappa shape index (κ1) is 25.1. The van der Waals surface area contributed by atoms with Crippen molar-refractivity contribution in [2.24, 2.45) is 5.92 Å². The molecule has 1 aliphatic heterocycles. The van der Waals surface area contributed by atoms with E-state index in [-0.39, 0.29) is 30.6 Å². The van der Waals surface area contributed by atoms with Crippen LogP contribution in [0.3, 0.4) is 0 Å². The van der Waals surface area contributed by atoms with Crippen molar-refractivity contribution in [3.63, 3.8) is 0 Å². The molecule has 0 saturated carbocycles. The number of carbonyl (C=O) groups is 1. The van der Waals surface area contributed by atoms with Crippen LogP contribution in [0, 0.1) is 5.92 Å². The zero-order valence-electron chi connectivity index (χ0n) is 20.2. The van der Waals surface area contributed by atoms with Gasteiger partial charge in [-0.3, -0.25) is 14.4 Å². The summed E-state index contributed by atoms with van der Waals surface area (Å²) in [5, 5.41) is 18.1. The summed E-state index contributed by atoms with van der Waals surface area (Å²) in [5.74, 6) is 0.945. The van der Waals surface area contributed by atoms with E-state index in [1.165, 1.54) is 0 Å². The second kappa shape index (κ2) is 12.1. The zero-order valence-corrected chi connectivity index (χ0v) is 20.2. The minimum Gasteiger partial charge on any atom is -0.497 e. The fourth-order valence-electron chi connectivity index (χ4n) is 4.15. The topological polar surface area (TPSA) is 93.0 Å². The van der Waals surface area contributed by atoms with Crippen molar-refractivity contribution >= 4 is 5.91 Å². The van der Waals surface area contributed by atoms with Crippen molar-refractivity contribution in [2.75, 3.05) is 33.9 Å². The van der Waals surface area contributed by atoms with E-state index in [1.54, 1.807) is 16.7 Å². The van der Waals surface area contributed by atoms with Crippen molar-refractivity contribution < 1.29 is 19.4 Å². The molecule has 1 amide bonds. The van der Waals surface area contributed by atoms with Crippen LogP contribution < -0.4 is 4.74 Å². The largest absolute Gasteiger partial charge is 0.497 e. The summed E-state index contributed by atoms with van der Waals surface area (Å²) < 4.78 is 13.4. The van der Waals surface area contributed by atoms with Gasteiger partial charge < -0.3 is 19.5 Å². The highest BCUT2D eigenvalue weighted by atomic mass is 16.5. The Kier molecular flexibility index (Phi) is 9.22. The number of aromatic nitrogens is 3. The highest BCUT2D eigenvalue weighted by Gasteiger charge is 2.28. The lowest BCUT2D eigenvalue weighted by Crippen LogP contribution is -2.47. The second-order valence-corrected chi connectivity index (χ2v) is 9.03. The molecule has 1 aromatic heterocycles. The standard InChI is InChI=1S/C24H37N5O4/c1-18-12-29(19(2)16-30)24(31)9-6-10-28-14-21(25-26-28)17-33-23(18)15-27(3)13-20-7-5-8-22(11-20)32-4/h5,7-8,11,14,18-19,23,30H,6,9-10,12-13,15-17H2,1-4H3/t18-,19-,23-/m1/s1. The zero-order chi connectivity index (χ0) is 23.8. The van der Waals surface area contributed by atoms with Gasteiger partial charge in [0.1, 0.15) is 11.4 Å². The van der Waals surface area contributed by atoms with Gasteiger partial charge in [0, 0.05) is 38.5 Å². The molecular formula is C24H37N5O4. The van der Waals surface area contributed by atoms with Gasteiger partial charge >= 0.3 is 0 Å². The van der Waals surface area contributed by atoms with Crippen LogP contribution in [0.4, 0.5) is 0 Å². The third-order valence-electron chi connectivity index (χ3n) is 6.12. The fraction of sp³-hybridized carbons (Fsp3) is 0.625. The Hall–Kier alpha value is -2.49. The smallest absolute Gasteiger partial charge is 0.222 e. The van der Waals surface area contributed by atoms with Gasteiger partial charge in [0.05, 0.1) is 38.7 Å². The number of aliphatic hydroxyl groups excluding tert-OH is 1. The Bertz CT molecular complexity index is 889. The molecule has 33 heavy (non-hydrogen) atoms. The van der Waals surface area contributed by atoms with Crippen LogP contribution in [0.15, 0.2) is 30.5 Å². The summed E-state index contributed by atoms with van der Waals surface area (Å²) in [6, 6.07) is 7.80. The molecule has 9 nitrogen and oxygen atoms in total. The summed E-state index contributed by atoms with van der Waals surface area (Å²) in [5.41, 5.74) is 1.94. The van der Waals surface area contributed by atoms with E-state index in [2.05, 4.69) is 35.2 Å². The number of ether oxygens (including phenoxy) is 2. The molecule has 0 unspecified atom stereocenters. The Morgan fingerprint density at radius 1 is 1.39 bits per heavy atom. The monoisotopic (exact) mass is 459 g/mol. The van der Waals surface area contributed by atoms with E-state index in [1.807, 2.05) is 31.3 Å². The number of aryl methyl sites for hydroxylation is 1. The lowest BCUT2D eigenvalue weighted by atomic mass is 10.0. The summed E-state index contributed by atoms with van der Waals surface area (Å²) >= 11 is 0. The maximum absolute atomic E-state index is 13.0. The summed E-state index contributed by atoms with van der Waals surface area (Å²) in [7, 11) is 3.73. The highest BCUT2D eigenvalue weighted by Crippen LogP contribution is 2.19. The van der Waals surface area contributed by atoms with Gasteiger partial charge in [-0.1, -0.05) is 24.3 Å². The van der Waals surface area contributed by atoms with Gasteiger partial charge in [-0.2, -0.15) is 0 Å². The molecule has 1 aliphatic rings. The third kappa shape index (κ3) is 7.25. The lowest BCUT2D eigenvalue weighted by Gasteiger charge is -2.35. The van der Waals surface area contributed by atoms with E-state index in [0.717, 1.165) is 23.6 Å². The van der Waals surface area contributed by atoms with Crippen LogP contribution in [-0.4, -0.2) is 81.8 Å². The molecule has 1 N–H and O–H groups in total. The number of nitrogens with zero attached hydrogens (tertiary/aromatic N) is 5. The number of benzene rings is 1. The molecular weight excluding hydrogens is 422 g/mol. The first-order valence-corrected chi connectivity index (χ1v) is 11.6. The van der Waals surface area contributed by atoms with Crippen LogP contribution in [0.5, 0.6) is 5.75 Å². The molecule has 0 radical (unpaired) electrons. The number of hydrogen-bond donors (Lipinski definition) is 1. The maximum Gasteiger partial charge on any atom is 0.222 e. The van der Waals surface area contributed by atoms with Gasteiger partial charge in [-0.05, 0) is 38.1 Å². The van der Waals surface area contributed by atoms with Crippen LogP contribution in [0.25, 0.3) is 0 Å². The van der Waals surface area contributed by atoms with Gasteiger partial charge in [0.15, 0.2) is 0 Å². The fourth-order valence-corrected chi connectivity index (χ4v) is 4.15. The van der Waals surface area contributed by atoms with Crippen LogP contribution in [0.2, 0.25) is 0 Å². The Morgan fingerprint density at radius 2 is 2.21 bits per heavy atom. The Labute approximate surface area is 196 Å². The summed E-state index contributed by atoms with van der Waals surface area (Å²) in [4.78, 5) is 17.0. The SMILES string of the molecule is COc1cccc(CN(C)C[C@H]2OCc3cn(nn3)CCCC(=O)N([C@H](C)CO)C[C@H]2C)c1. The second-order valence-electron chi connectivity index (χ2n) is 9.03. The van der Waals surface area contributed by atoms with E-state index in [4.69, 9.17) is 9.47 Å². The Balaban J connectivity index is 1.75. The number of carbonyl (C=O) groups excluding carboxylic acids is 1. The van der Waals surface area contributed by atoms with Crippen molar-refractivity contribution in [2.45, 2.75) is 58.5 Å². The minimum atomic E-state index is -0.238. The first-order chi connectivity index (χ1) is 15.9. The molecule has 0 aliphatic carbocycles. The van der Waals surface area contributed by atoms with E-state index >= 15 is 0 Å². The minimum absolute atomic E-state index is 0.0477. The number of aliphatic hydroxyl groups is 1. The number of methoxy groups -OCH3 is 1. The molecule has 0 fully saturated rings. The Morgan fingerprint density at radius 3 is 2.97 bits per heavy atom.